The van der Waals surface area contributed by atoms with Gasteiger partial charge in [0.2, 0.25) is 5.13 Å². The Kier molecular flexibility index (Phi) is 7.28. The Morgan fingerprint density at radius 1 is 1.24 bits per heavy atom. The molecule has 0 atom stereocenters. The number of hydrogen-bond donors (Lipinski definition) is 2. The van der Waals surface area contributed by atoms with Gasteiger partial charge in [0.05, 0.1) is 16.3 Å². The Labute approximate surface area is 198 Å². The molecule has 10 nitrogen and oxygen atoms in total. The van der Waals surface area contributed by atoms with Crippen LogP contribution >= 0.6 is 22.9 Å². The van der Waals surface area contributed by atoms with Crippen molar-refractivity contribution in [2.24, 2.45) is 0 Å². The minimum atomic E-state index is -5.08. The molecule has 180 valence electrons. The van der Waals surface area contributed by atoms with Gasteiger partial charge >= 0.3 is 12.1 Å². The van der Waals surface area contributed by atoms with Crippen LogP contribution in [-0.2, 0) is 19.6 Å². The molecular weight excluding hydrogens is 525 g/mol. The van der Waals surface area contributed by atoms with Crippen molar-refractivity contribution >= 4 is 61.3 Å². The number of carboxylic acids is 1. The van der Waals surface area contributed by atoms with Crippen LogP contribution in [0.4, 0.5) is 29.7 Å². The lowest BCUT2D eigenvalue weighted by atomic mass is 10.2. The maximum atomic E-state index is 12.5. The predicted octanol–water partition coefficient (Wildman–Crippen LogP) is 3.68. The predicted molar refractivity (Wildman–Crippen MR) is 115 cm³/mol. The Morgan fingerprint density at radius 2 is 1.94 bits per heavy atom. The zero-order valence-corrected chi connectivity index (χ0v) is 18.9. The van der Waals surface area contributed by atoms with Crippen molar-refractivity contribution in [2.45, 2.75) is 11.1 Å². The Balaban J connectivity index is 0.000000406. The van der Waals surface area contributed by atoms with Crippen LogP contribution in [0.15, 0.2) is 52.9 Å². The van der Waals surface area contributed by atoms with Crippen LogP contribution in [-0.4, -0.2) is 48.4 Å². The van der Waals surface area contributed by atoms with Gasteiger partial charge < -0.3 is 9.84 Å². The minimum Gasteiger partial charge on any atom is -0.481 e. The topological polar surface area (TPSA) is 139 Å². The molecule has 0 aliphatic carbocycles. The summed E-state index contributed by atoms with van der Waals surface area (Å²) >= 11 is 7.09. The number of rotatable bonds is 4. The van der Waals surface area contributed by atoms with Gasteiger partial charge in [-0.25, -0.2) is 13.2 Å². The summed E-state index contributed by atoms with van der Waals surface area (Å²) in [6.45, 7) is -0.215. The summed E-state index contributed by atoms with van der Waals surface area (Å²) in [4.78, 5) is 22.7. The quantitative estimate of drug-likeness (QED) is 0.515. The van der Waals surface area contributed by atoms with E-state index in [-0.39, 0.29) is 28.3 Å². The zero-order valence-electron chi connectivity index (χ0n) is 16.5. The van der Waals surface area contributed by atoms with E-state index in [9.17, 15) is 26.4 Å². The number of amides is 1. The lowest BCUT2D eigenvalue weighted by molar-refractivity contribution is -0.192. The third-order valence-corrected chi connectivity index (χ3v) is 6.28. The second-order valence-corrected chi connectivity index (χ2v) is 9.23. The van der Waals surface area contributed by atoms with Crippen LogP contribution in [0, 0.1) is 0 Å². The van der Waals surface area contributed by atoms with E-state index in [1.807, 2.05) is 0 Å². The first-order valence-corrected chi connectivity index (χ1v) is 11.6. The fourth-order valence-corrected chi connectivity index (χ4v) is 4.48. The number of ether oxygens (including phenoxy) is 1. The molecule has 0 saturated heterocycles. The largest absolute Gasteiger partial charge is 0.490 e. The van der Waals surface area contributed by atoms with E-state index in [0.29, 0.717) is 16.4 Å². The normalized spacial score (nSPS) is 13.3. The number of nitrogens with zero attached hydrogens (tertiary/aromatic N) is 3. The van der Waals surface area contributed by atoms with Gasteiger partial charge in [-0.1, -0.05) is 29.0 Å². The van der Waals surface area contributed by atoms with Gasteiger partial charge in [0.1, 0.15) is 11.3 Å². The molecule has 0 unspecified atom stereocenters. The molecule has 0 bridgehead atoms. The van der Waals surface area contributed by atoms with E-state index >= 15 is 0 Å². The van der Waals surface area contributed by atoms with Gasteiger partial charge in [-0.15, -0.1) is 10.2 Å². The average Bonchev–Trinajstić information content (AvgIpc) is 3.25. The first kappa shape index (κ1) is 25.2. The van der Waals surface area contributed by atoms with Crippen molar-refractivity contribution in [3.8, 4) is 5.75 Å². The zero-order chi connectivity index (χ0) is 25.1. The van der Waals surface area contributed by atoms with Crippen LogP contribution < -0.4 is 14.4 Å². The van der Waals surface area contributed by atoms with Crippen LogP contribution in [0.1, 0.15) is 0 Å². The van der Waals surface area contributed by atoms with Crippen molar-refractivity contribution in [1.29, 1.82) is 0 Å². The summed E-state index contributed by atoms with van der Waals surface area (Å²) < 4.78 is 64.6. The first-order valence-electron chi connectivity index (χ1n) is 8.83. The monoisotopic (exact) mass is 536 g/mol. The molecule has 4 rings (SSSR count). The number of fused-ring (bicyclic) bond motifs is 1. The molecule has 0 radical (unpaired) electrons. The van der Waals surface area contributed by atoms with Crippen molar-refractivity contribution in [1.82, 2.24) is 10.2 Å². The number of carboxylic acid groups (broad SMARTS) is 1. The molecule has 2 heterocycles. The molecule has 1 aliphatic rings. The first-order chi connectivity index (χ1) is 15.9. The number of alkyl halides is 3. The van der Waals surface area contributed by atoms with E-state index in [1.165, 1.54) is 28.6 Å². The van der Waals surface area contributed by atoms with E-state index in [4.69, 9.17) is 26.2 Å². The van der Waals surface area contributed by atoms with E-state index < -0.39 is 22.2 Å². The molecule has 3 aromatic rings. The molecular formula is C18H12ClF3N4O6S2. The SMILES string of the molecule is O=C(O)C(F)(F)F.O=C1COc2cc(S(=O)(=O)Nc3nncs3)ccc2N1c1cccc(Cl)c1. The Morgan fingerprint density at radius 3 is 2.53 bits per heavy atom. The summed E-state index contributed by atoms with van der Waals surface area (Å²) in [5.41, 5.74) is 2.42. The van der Waals surface area contributed by atoms with Gasteiger partial charge in [0.15, 0.2) is 6.61 Å². The number of aliphatic carboxylic acids is 1. The number of benzene rings is 2. The van der Waals surface area contributed by atoms with Crippen molar-refractivity contribution < 1.29 is 41.0 Å². The Bertz CT molecular complexity index is 1320. The van der Waals surface area contributed by atoms with Crippen LogP contribution in [0.2, 0.25) is 5.02 Å². The van der Waals surface area contributed by atoms with Crippen molar-refractivity contribution in [2.75, 3.05) is 16.2 Å². The molecule has 1 aromatic heterocycles. The number of anilines is 3. The highest BCUT2D eigenvalue weighted by Gasteiger charge is 2.38. The summed E-state index contributed by atoms with van der Waals surface area (Å²) in [5, 5.41) is 15.0. The van der Waals surface area contributed by atoms with Gasteiger partial charge in [0, 0.05) is 11.1 Å². The van der Waals surface area contributed by atoms with Crippen LogP contribution in [0.3, 0.4) is 0 Å². The molecule has 1 aliphatic heterocycles. The van der Waals surface area contributed by atoms with E-state index in [1.54, 1.807) is 24.3 Å². The molecule has 34 heavy (non-hydrogen) atoms. The standard InChI is InChI=1S/C16H11ClN4O4S2.C2HF3O2/c17-10-2-1-3-11(6-10)21-13-5-4-12(7-14(13)25-8-15(21)22)27(23,24)20-16-19-18-9-26-16;3-2(4,5)1(6)7/h1-7,9H,8H2,(H,19,20);(H,6,7). The number of aromatic nitrogens is 2. The average molecular weight is 537 g/mol. The fraction of sp³-hybridized carbons (Fsp3) is 0.111. The summed E-state index contributed by atoms with van der Waals surface area (Å²) in [5.74, 6) is -2.77. The summed E-state index contributed by atoms with van der Waals surface area (Å²) in [7, 11) is -3.87. The minimum absolute atomic E-state index is 0.0168. The van der Waals surface area contributed by atoms with Crippen molar-refractivity contribution in [3.05, 3.63) is 53.0 Å². The van der Waals surface area contributed by atoms with Gasteiger partial charge in [-0.2, -0.15) is 13.2 Å². The highest BCUT2D eigenvalue weighted by molar-refractivity contribution is 7.93. The number of nitrogens with one attached hydrogen (secondary N) is 1. The maximum Gasteiger partial charge on any atom is 0.490 e. The molecule has 1 amide bonds. The van der Waals surface area contributed by atoms with Crippen molar-refractivity contribution in [3.63, 3.8) is 0 Å². The molecule has 0 spiro atoms. The van der Waals surface area contributed by atoms with E-state index in [0.717, 1.165) is 11.3 Å². The van der Waals surface area contributed by atoms with Gasteiger partial charge in [-0.05, 0) is 30.3 Å². The van der Waals surface area contributed by atoms with E-state index in [2.05, 4.69) is 14.9 Å². The lowest BCUT2D eigenvalue weighted by Crippen LogP contribution is -2.35. The number of halogens is 4. The fourth-order valence-electron chi connectivity index (χ4n) is 2.59. The third kappa shape index (κ3) is 5.92. The lowest BCUT2D eigenvalue weighted by Gasteiger charge is -2.29. The number of hydrogen-bond acceptors (Lipinski definition) is 8. The molecule has 2 aromatic carbocycles. The van der Waals surface area contributed by atoms with Crippen LogP contribution in [0.5, 0.6) is 5.75 Å². The maximum absolute atomic E-state index is 12.5. The van der Waals surface area contributed by atoms with Crippen LogP contribution in [0.25, 0.3) is 0 Å². The third-order valence-electron chi connectivity index (χ3n) is 3.97. The highest BCUT2D eigenvalue weighted by Crippen LogP contribution is 2.39. The number of carbonyl (C=O) groups is 2. The molecule has 0 fully saturated rings. The smallest absolute Gasteiger partial charge is 0.481 e. The summed E-state index contributed by atoms with van der Waals surface area (Å²) in [6, 6.07) is 11.1. The second-order valence-electron chi connectivity index (χ2n) is 6.28. The van der Waals surface area contributed by atoms with Gasteiger partial charge in [-0.3, -0.25) is 14.4 Å². The molecule has 2 N–H and O–H groups in total. The molecule has 0 saturated carbocycles. The Hall–Kier alpha value is -3.43. The molecule has 16 heteroatoms. The number of carbonyl (C=O) groups excluding carboxylic acids is 1. The highest BCUT2D eigenvalue weighted by atomic mass is 35.5. The van der Waals surface area contributed by atoms with Gasteiger partial charge in [0.25, 0.3) is 15.9 Å². The summed E-state index contributed by atoms with van der Waals surface area (Å²) in [6.07, 6.45) is -5.08. The second kappa shape index (κ2) is 9.82. The number of sulfonamides is 1.